The van der Waals surface area contributed by atoms with Crippen molar-refractivity contribution >= 4 is 27.7 Å². The van der Waals surface area contributed by atoms with E-state index in [-0.39, 0.29) is 29.4 Å². The third kappa shape index (κ3) is 4.72. The van der Waals surface area contributed by atoms with Crippen molar-refractivity contribution in [2.24, 2.45) is 5.92 Å². The van der Waals surface area contributed by atoms with Crippen molar-refractivity contribution in [3.05, 3.63) is 23.7 Å². The summed E-state index contributed by atoms with van der Waals surface area (Å²) < 4.78 is 36.0. The fraction of sp³-hybridized carbons (Fsp3) is 0.643. The number of carbonyl (C=O) groups is 1. The smallest absolute Gasteiger partial charge is 0.287 e. The van der Waals surface area contributed by atoms with Gasteiger partial charge in [0.2, 0.25) is 10.0 Å². The first-order valence-corrected chi connectivity index (χ1v) is 10.2. The lowest BCUT2D eigenvalue weighted by Crippen LogP contribution is -2.43. The number of hydrogen-bond acceptors (Lipinski definition) is 6. The second-order valence-electron chi connectivity index (χ2n) is 5.64. The Morgan fingerprint density at radius 2 is 2.13 bits per heavy atom. The van der Waals surface area contributed by atoms with Crippen molar-refractivity contribution in [2.45, 2.75) is 11.8 Å². The number of amides is 1. The molecular formula is C14H22N2O5S2. The van der Waals surface area contributed by atoms with Crippen molar-refractivity contribution in [1.29, 1.82) is 0 Å². The highest BCUT2D eigenvalue weighted by atomic mass is 32.2. The average molecular weight is 362 g/mol. The van der Waals surface area contributed by atoms with Gasteiger partial charge in [0.1, 0.15) is 5.76 Å². The quantitative estimate of drug-likeness (QED) is 0.771. The minimum absolute atomic E-state index is 0.0547. The van der Waals surface area contributed by atoms with Gasteiger partial charge in [0.25, 0.3) is 5.91 Å². The fourth-order valence-electron chi connectivity index (χ4n) is 2.30. The number of nitrogens with one attached hydrogen (secondary N) is 1. The minimum atomic E-state index is -3.34. The summed E-state index contributed by atoms with van der Waals surface area (Å²) in [4.78, 5) is 12.2. The Bertz CT molecular complexity index is 641. The molecule has 130 valence electrons. The van der Waals surface area contributed by atoms with Crippen LogP contribution in [0.3, 0.4) is 0 Å². The first kappa shape index (κ1) is 18.3. The Hall–Kier alpha value is -1.03. The van der Waals surface area contributed by atoms with Crippen LogP contribution in [0, 0.1) is 5.92 Å². The van der Waals surface area contributed by atoms with Crippen LogP contribution in [-0.2, 0) is 20.5 Å². The third-order valence-corrected chi connectivity index (χ3v) is 6.20. The van der Waals surface area contributed by atoms with Gasteiger partial charge in [0.15, 0.2) is 5.76 Å². The van der Waals surface area contributed by atoms with Gasteiger partial charge in [-0.2, -0.15) is 11.8 Å². The Morgan fingerprint density at radius 1 is 1.39 bits per heavy atom. The topological polar surface area (TPSA) is 88.8 Å². The van der Waals surface area contributed by atoms with Crippen LogP contribution in [-0.4, -0.2) is 64.0 Å². The molecule has 0 saturated carbocycles. The van der Waals surface area contributed by atoms with E-state index in [0.29, 0.717) is 19.0 Å². The van der Waals surface area contributed by atoms with Crippen molar-refractivity contribution < 1.29 is 22.4 Å². The van der Waals surface area contributed by atoms with Crippen LogP contribution in [0.15, 0.2) is 16.5 Å². The molecule has 0 bridgehead atoms. The van der Waals surface area contributed by atoms with Crippen LogP contribution in [0.2, 0.25) is 0 Å². The molecule has 0 aliphatic carbocycles. The van der Waals surface area contributed by atoms with Crippen molar-refractivity contribution in [2.75, 3.05) is 39.3 Å². The molecule has 2 heterocycles. The zero-order chi connectivity index (χ0) is 17.0. The monoisotopic (exact) mass is 362 g/mol. The van der Waals surface area contributed by atoms with Gasteiger partial charge in [-0.3, -0.25) is 4.79 Å². The summed E-state index contributed by atoms with van der Waals surface area (Å²) in [5.41, 5.74) is 0. The Labute approximate surface area is 140 Å². The maximum Gasteiger partial charge on any atom is 0.287 e. The summed E-state index contributed by atoms with van der Waals surface area (Å²) in [6.45, 7) is 0.617. The summed E-state index contributed by atoms with van der Waals surface area (Å²) in [6.07, 6.45) is 1.95. The van der Waals surface area contributed by atoms with Gasteiger partial charge >= 0.3 is 0 Å². The lowest BCUT2D eigenvalue weighted by Gasteiger charge is -2.20. The number of carbonyl (C=O) groups excluding carboxylic acids is 1. The summed E-state index contributed by atoms with van der Waals surface area (Å²) in [6, 6.07) is 3.05. The second-order valence-corrected chi connectivity index (χ2v) is 8.73. The number of thioether (sulfide) groups is 1. The van der Waals surface area contributed by atoms with E-state index in [1.165, 1.54) is 18.4 Å². The fourth-order valence-corrected chi connectivity index (χ4v) is 3.91. The largest absolute Gasteiger partial charge is 0.455 e. The lowest BCUT2D eigenvalue weighted by atomic mass is 10.1. The molecule has 0 spiro atoms. The summed E-state index contributed by atoms with van der Waals surface area (Å²) in [5.74, 6) is 0.990. The van der Waals surface area contributed by atoms with Gasteiger partial charge in [0, 0.05) is 20.0 Å². The molecule has 23 heavy (non-hydrogen) atoms. The molecule has 1 aromatic heterocycles. The molecule has 0 radical (unpaired) electrons. The van der Waals surface area contributed by atoms with Gasteiger partial charge in [-0.25, -0.2) is 12.7 Å². The maximum absolute atomic E-state index is 12.2. The van der Waals surface area contributed by atoms with E-state index in [2.05, 4.69) is 5.32 Å². The first-order chi connectivity index (χ1) is 10.8. The zero-order valence-corrected chi connectivity index (χ0v) is 15.1. The third-order valence-electron chi connectivity index (χ3n) is 3.67. The van der Waals surface area contributed by atoms with Crippen LogP contribution in [0.5, 0.6) is 0 Å². The molecule has 1 fully saturated rings. The van der Waals surface area contributed by atoms with E-state index < -0.39 is 10.0 Å². The predicted octanol–water partition coefficient (Wildman–Crippen LogP) is 0.779. The maximum atomic E-state index is 12.2. The molecule has 2 atom stereocenters. The summed E-state index contributed by atoms with van der Waals surface area (Å²) in [5, 5.41) is 2.81. The highest BCUT2D eigenvalue weighted by Gasteiger charge is 2.34. The molecule has 1 N–H and O–H groups in total. The van der Waals surface area contributed by atoms with Crippen molar-refractivity contribution in [1.82, 2.24) is 9.62 Å². The Balaban J connectivity index is 1.99. The van der Waals surface area contributed by atoms with E-state index in [4.69, 9.17) is 9.15 Å². The van der Waals surface area contributed by atoms with E-state index in [9.17, 15) is 13.2 Å². The highest BCUT2D eigenvalue weighted by Crippen LogP contribution is 2.19. The number of ether oxygens (including phenoxy) is 1. The molecule has 9 heteroatoms. The molecule has 1 aromatic rings. The van der Waals surface area contributed by atoms with Gasteiger partial charge in [-0.05, 0) is 18.4 Å². The van der Waals surface area contributed by atoms with Gasteiger partial charge in [0.05, 0.1) is 30.8 Å². The average Bonchev–Trinajstić information content (AvgIpc) is 3.09. The van der Waals surface area contributed by atoms with Crippen LogP contribution in [0.25, 0.3) is 0 Å². The molecule has 0 aromatic carbocycles. The minimum Gasteiger partial charge on any atom is -0.455 e. The van der Waals surface area contributed by atoms with E-state index >= 15 is 0 Å². The number of furan rings is 1. The highest BCUT2D eigenvalue weighted by molar-refractivity contribution is 7.97. The van der Waals surface area contributed by atoms with Crippen LogP contribution in [0.1, 0.15) is 16.3 Å². The van der Waals surface area contributed by atoms with Crippen molar-refractivity contribution in [3.8, 4) is 0 Å². The number of sulfonamides is 1. The molecule has 2 rings (SSSR count). The zero-order valence-electron chi connectivity index (χ0n) is 13.4. The van der Waals surface area contributed by atoms with Crippen LogP contribution in [0.4, 0.5) is 0 Å². The standard InChI is InChI=1S/C14H22N2O5S2/c1-16(2)23(18,19)9-10-6-20-7-12(10)15-14(17)13-5-4-11(21-13)8-22-3/h4-5,10,12H,6-9H2,1-3H3,(H,15,17)/t10-,12+/m0/s1. The molecule has 1 saturated heterocycles. The van der Waals surface area contributed by atoms with Gasteiger partial charge in [-0.1, -0.05) is 0 Å². The van der Waals surface area contributed by atoms with E-state index in [0.717, 1.165) is 5.76 Å². The number of nitrogens with zero attached hydrogens (tertiary/aromatic N) is 1. The summed E-state index contributed by atoms with van der Waals surface area (Å²) in [7, 11) is -0.353. The molecule has 1 amide bonds. The van der Waals surface area contributed by atoms with Gasteiger partial charge < -0.3 is 14.5 Å². The van der Waals surface area contributed by atoms with E-state index in [1.54, 1.807) is 23.9 Å². The van der Waals surface area contributed by atoms with Crippen molar-refractivity contribution in [3.63, 3.8) is 0 Å². The molecule has 0 unspecified atom stereocenters. The van der Waals surface area contributed by atoms with Crippen LogP contribution >= 0.6 is 11.8 Å². The number of hydrogen-bond donors (Lipinski definition) is 1. The van der Waals surface area contributed by atoms with Crippen LogP contribution < -0.4 is 5.32 Å². The Kier molecular flexibility index (Phi) is 6.12. The Morgan fingerprint density at radius 3 is 2.78 bits per heavy atom. The van der Waals surface area contributed by atoms with E-state index in [1.807, 2.05) is 6.26 Å². The normalized spacial score (nSPS) is 21.7. The number of rotatable bonds is 7. The molecule has 1 aliphatic heterocycles. The first-order valence-electron chi connectivity index (χ1n) is 7.20. The molecular weight excluding hydrogens is 340 g/mol. The predicted molar refractivity (Wildman–Crippen MR) is 89.0 cm³/mol. The SMILES string of the molecule is CSCc1ccc(C(=O)N[C@@H]2COC[C@H]2CS(=O)(=O)N(C)C)o1. The summed E-state index contributed by atoms with van der Waals surface area (Å²) >= 11 is 1.61. The molecule has 1 aliphatic rings. The molecule has 7 nitrogen and oxygen atoms in total. The lowest BCUT2D eigenvalue weighted by molar-refractivity contribution is 0.0896. The van der Waals surface area contributed by atoms with Gasteiger partial charge in [-0.15, -0.1) is 0 Å². The second kappa shape index (κ2) is 7.69.